The smallest absolute Gasteiger partial charge is 0.124 e. The standard InChI is InChI=1S/C12H18N4/c13-8-4-3-5-9(14)12-15-10-6-1-2-7-11(10)16-12/h1-2,6-7,9H,3-5,8,13-14H2,(H,15,16). The van der Waals surface area contributed by atoms with Gasteiger partial charge in [-0.05, 0) is 31.5 Å². The van der Waals surface area contributed by atoms with E-state index in [4.69, 9.17) is 11.5 Å². The van der Waals surface area contributed by atoms with Gasteiger partial charge in [0.1, 0.15) is 5.82 Å². The highest BCUT2D eigenvalue weighted by Gasteiger charge is 2.10. The first kappa shape index (κ1) is 11.1. The van der Waals surface area contributed by atoms with Crippen LogP contribution in [0.5, 0.6) is 0 Å². The molecule has 4 nitrogen and oxygen atoms in total. The number of imidazole rings is 1. The van der Waals surface area contributed by atoms with Crippen molar-refractivity contribution in [2.75, 3.05) is 6.54 Å². The average Bonchev–Trinajstić information content (AvgIpc) is 2.73. The molecule has 1 unspecified atom stereocenters. The molecule has 0 amide bonds. The van der Waals surface area contributed by atoms with Crippen LogP contribution in [0.4, 0.5) is 0 Å². The van der Waals surface area contributed by atoms with Gasteiger partial charge in [-0.3, -0.25) is 0 Å². The number of para-hydroxylation sites is 2. The van der Waals surface area contributed by atoms with Crippen molar-refractivity contribution in [3.63, 3.8) is 0 Å². The molecule has 1 heterocycles. The van der Waals surface area contributed by atoms with Gasteiger partial charge < -0.3 is 16.5 Å². The van der Waals surface area contributed by atoms with Crippen LogP contribution in [0.3, 0.4) is 0 Å². The summed E-state index contributed by atoms with van der Waals surface area (Å²) in [6.07, 6.45) is 3.00. The lowest BCUT2D eigenvalue weighted by Crippen LogP contribution is -2.12. The predicted molar refractivity (Wildman–Crippen MR) is 65.9 cm³/mol. The Morgan fingerprint density at radius 1 is 1.25 bits per heavy atom. The van der Waals surface area contributed by atoms with Gasteiger partial charge in [0.05, 0.1) is 17.1 Å². The van der Waals surface area contributed by atoms with Crippen molar-refractivity contribution in [2.45, 2.75) is 25.3 Å². The van der Waals surface area contributed by atoms with Crippen LogP contribution in [0, 0.1) is 0 Å². The van der Waals surface area contributed by atoms with Crippen molar-refractivity contribution in [3.05, 3.63) is 30.1 Å². The number of H-pyrrole nitrogens is 1. The summed E-state index contributed by atoms with van der Waals surface area (Å²) >= 11 is 0. The van der Waals surface area contributed by atoms with Crippen LogP contribution in [0.25, 0.3) is 11.0 Å². The van der Waals surface area contributed by atoms with Gasteiger partial charge in [-0.15, -0.1) is 0 Å². The number of rotatable bonds is 5. The fraction of sp³-hybridized carbons (Fsp3) is 0.417. The van der Waals surface area contributed by atoms with E-state index in [0.29, 0.717) is 0 Å². The van der Waals surface area contributed by atoms with Gasteiger partial charge in [0.15, 0.2) is 0 Å². The lowest BCUT2D eigenvalue weighted by atomic mass is 10.1. The van der Waals surface area contributed by atoms with E-state index in [0.717, 1.165) is 42.7 Å². The quantitative estimate of drug-likeness (QED) is 0.668. The number of nitrogens with zero attached hydrogens (tertiary/aromatic N) is 1. The molecule has 0 spiro atoms. The maximum atomic E-state index is 6.07. The molecule has 1 aromatic heterocycles. The van der Waals surface area contributed by atoms with Crippen molar-refractivity contribution in [3.8, 4) is 0 Å². The third-order valence-electron chi connectivity index (χ3n) is 2.73. The Balaban J connectivity index is 2.07. The normalized spacial score (nSPS) is 13.1. The van der Waals surface area contributed by atoms with E-state index < -0.39 is 0 Å². The molecule has 0 aliphatic heterocycles. The van der Waals surface area contributed by atoms with Crippen molar-refractivity contribution >= 4 is 11.0 Å². The van der Waals surface area contributed by atoms with Crippen LogP contribution >= 0.6 is 0 Å². The first-order valence-electron chi connectivity index (χ1n) is 5.71. The minimum absolute atomic E-state index is 0.0149. The number of aromatic amines is 1. The zero-order chi connectivity index (χ0) is 11.4. The summed E-state index contributed by atoms with van der Waals surface area (Å²) in [6, 6.07) is 7.95. The van der Waals surface area contributed by atoms with E-state index in [2.05, 4.69) is 9.97 Å². The first-order chi connectivity index (χ1) is 7.81. The number of hydrogen-bond donors (Lipinski definition) is 3. The number of fused-ring (bicyclic) bond motifs is 1. The molecule has 2 aromatic rings. The van der Waals surface area contributed by atoms with Crippen LogP contribution in [-0.4, -0.2) is 16.5 Å². The van der Waals surface area contributed by atoms with Crippen molar-refractivity contribution in [1.29, 1.82) is 0 Å². The molecular weight excluding hydrogens is 200 g/mol. The monoisotopic (exact) mass is 218 g/mol. The minimum atomic E-state index is -0.0149. The predicted octanol–water partition coefficient (Wildman–Crippen LogP) is 1.69. The van der Waals surface area contributed by atoms with Gasteiger partial charge in [-0.25, -0.2) is 4.98 Å². The Morgan fingerprint density at radius 2 is 2.06 bits per heavy atom. The van der Waals surface area contributed by atoms with Crippen LogP contribution in [0.1, 0.15) is 31.1 Å². The molecule has 0 aliphatic carbocycles. The Hall–Kier alpha value is -1.39. The molecule has 0 aliphatic rings. The van der Waals surface area contributed by atoms with E-state index in [9.17, 15) is 0 Å². The van der Waals surface area contributed by atoms with Crippen molar-refractivity contribution in [1.82, 2.24) is 9.97 Å². The van der Waals surface area contributed by atoms with Crippen LogP contribution in [0.2, 0.25) is 0 Å². The van der Waals surface area contributed by atoms with E-state index in [1.807, 2.05) is 24.3 Å². The van der Waals surface area contributed by atoms with Gasteiger partial charge in [-0.1, -0.05) is 18.6 Å². The van der Waals surface area contributed by atoms with Gasteiger partial charge in [0, 0.05) is 0 Å². The van der Waals surface area contributed by atoms with Crippen molar-refractivity contribution < 1.29 is 0 Å². The lowest BCUT2D eigenvalue weighted by molar-refractivity contribution is 0.571. The van der Waals surface area contributed by atoms with Gasteiger partial charge >= 0.3 is 0 Å². The maximum Gasteiger partial charge on any atom is 0.124 e. The second-order valence-corrected chi connectivity index (χ2v) is 4.03. The van der Waals surface area contributed by atoms with Gasteiger partial charge in [-0.2, -0.15) is 0 Å². The molecule has 16 heavy (non-hydrogen) atoms. The highest BCUT2D eigenvalue weighted by molar-refractivity contribution is 5.74. The van der Waals surface area contributed by atoms with Gasteiger partial charge in [0.25, 0.3) is 0 Å². The summed E-state index contributed by atoms with van der Waals surface area (Å²) < 4.78 is 0. The van der Waals surface area contributed by atoms with Crippen LogP contribution in [0.15, 0.2) is 24.3 Å². The third kappa shape index (κ3) is 2.40. The lowest BCUT2D eigenvalue weighted by Gasteiger charge is -2.07. The number of nitrogens with one attached hydrogen (secondary N) is 1. The second kappa shape index (κ2) is 5.09. The van der Waals surface area contributed by atoms with E-state index in [-0.39, 0.29) is 6.04 Å². The molecule has 0 saturated heterocycles. The van der Waals surface area contributed by atoms with Gasteiger partial charge in [0.2, 0.25) is 0 Å². The fourth-order valence-electron chi connectivity index (χ4n) is 1.79. The summed E-state index contributed by atoms with van der Waals surface area (Å²) in [5.74, 6) is 0.873. The number of aromatic nitrogens is 2. The molecule has 86 valence electrons. The molecule has 1 atom stereocenters. The summed E-state index contributed by atoms with van der Waals surface area (Å²) in [4.78, 5) is 7.73. The number of benzene rings is 1. The minimum Gasteiger partial charge on any atom is -0.341 e. The third-order valence-corrected chi connectivity index (χ3v) is 2.73. The Kier molecular flexibility index (Phi) is 3.54. The summed E-state index contributed by atoms with van der Waals surface area (Å²) in [6.45, 7) is 0.729. The molecule has 0 saturated carbocycles. The second-order valence-electron chi connectivity index (χ2n) is 4.03. The number of hydrogen-bond acceptors (Lipinski definition) is 3. The summed E-state index contributed by atoms with van der Waals surface area (Å²) in [7, 11) is 0. The fourth-order valence-corrected chi connectivity index (χ4v) is 1.79. The van der Waals surface area contributed by atoms with Crippen LogP contribution < -0.4 is 11.5 Å². The molecular formula is C12H18N4. The largest absolute Gasteiger partial charge is 0.341 e. The van der Waals surface area contributed by atoms with E-state index in [1.165, 1.54) is 0 Å². The molecule has 5 N–H and O–H groups in total. The Morgan fingerprint density at radius 3 is 2.81 bits per heavy atom. The molecule has 0 bridgehead atoms. The van der Waals surface area contributed by atoms with Crippen LogP contribution in [-0.2, 0) is 0 Å². The molecule has 1 aromatic carbocycles. The van der Waals surface area contributed by atoms with E-state index in [1.54, 1.807) is 0 Å². The Bertz CT molecular complexity index is 416. The van der Waals surface area contributed by atoms with Crippen molar-refractivity contribution in [2.24, 2.45) is 11.5 Å². The molecule has 2 rings (SSSR count). The summed E-state index contributed by atoms with van der Waals surface area (Å²) in [5, 5.41) is 0. The zero-order valence-electron chi connectivity index (χ0n) is 9.32. The average molecular weight is 218 g/mol. The number of nitrogens with two attached hydrogens (primary N) is 2. The Labute approximate surface area is 95.0 Å². The topological polar surface area (TPSA) is 80.7 Å². The molecule has 0 radical (unpaired) electrons. The maximum absolute atomic E-state index is 6.07. The highest BCUT2D eigenvalue weighted by atomic mass is 15.0. The highest BCUT2D eigenvalue weighted by Crippen LogP contribution is 2.17. The summed E-state index contributed by atoms with van der Waals surface area (Å²) in [5.41, 5.74) is 13.5. The number of unbranched alkanes of at least 4 members (excludes halogenated alkanes) is 1. The molecule has 0 fully saturated rings. The molecule has 4 heteroatoms. The van der Waals surface area contributed by atoms with E-state index >= 15 is 0 Å². The first-order valence-corrected chi connectivity index (χ1v) is 5.71. The SMILES string of the molecule is NCCCCC(N)c1nc2ccccc2[nH]1. The zero-order valence-corrected chi connectivity index (χ0v) is 9.32.